The van der Waals surface area contributed by atoms with E-state index in [1.165, 1.54) is 13.2 Å². The van der Waals surface area contributed by atoms with E-state index in [1.807, 2.05) is 6.92 Å². The van der Waals surface area contributed by atoms with Crippen LogP contribution in [-0.2, 0) is 11.2 Å². The number of ether oxygens (including phenoxy) is 2. The lowest BCUT2D eigenvalue weighted by Gasteiger charge is -2.05. The fourth-order valence-corrected chi connectivity index (χ4v) is 1.70. The fourth-order valence-electron chi connectivity index (χ4n) is 1.70. The molecule has 102 valence electrons. The van der Waals surface area contributed by atoms with Gasteiger partial charge in [0.2, 0.25) is 5.71 Å². The third-order valence-corrected chi connectivity index (χ3v) is 2.58. The molecule has 0 spiro atoms. The first-order valence-corrected chi connectivity index (χ1v) is 5.84. The third-order valence-electron chi connectivity index (χ3n) is 2.58. The van der Waals surface area contributed by atoms with E-state index in [2.05, 4.69) is 9.97 Å². The first-order valence-electron chi connectivity index (χ1n) is 5.84. The van der Waals surface area contributed by atoms with E-state index < -0.39 is 11.2 Å². The molecule has 0 aliphatic rings. The Balaban J connectivity index is 2.51. The molecule has 0 aliphatic carbocycles. The number of rotatable bonds is 5. The van der Waals surface area contributed by atoms with Crippen LogP contribution in [0.5, 0.6) is 6.01 Å². The average molecular weight is 266 g/mol. The molecule has 7 nitrogen and oxygen atoms in total. The highest BCUT2D eigenvalue weighted by atomic mass is 16.5. The summed E-state index contributed by atoms with van der Waals surface area (Å²) in [5.41, 5.74) is -0.340. The minimum absolute atomic E-state index is 0.00551. The minimum atomic E-state index is -0.537. The summed E-state index contributed by atoms with van der Waals surface area (Å²) in [5, 5.41) is 0.279. The van der Waals surface area contributed by atoms with Gasteiger partial charge in [0.15, 0.2) is 0 Å². The fraction of sp³-hybridized carbons (Fsp3) is 0.417. The predicted octanol–water partition coefficient (Wildman–Crippen LogP) is 0.464. The van der Waals surface area contributed by atoms with Gasteiger partial charge in [0, 0.05) is 13.2 Å². The molecule has 0 saturated heterocycles. The van der Waals surface area contributed by atoms with E-state index in [0.717, 1.165) is 0 Å². The Bertz CT molecular complexity index is 689. The Morgan fingerprint density at radius 3 is 2.84 bits per heavy atom. The summed E-state index contributed by atoms with van der Waals surface area (Å²) in [6.07, 6.45) is 0.538. The molecule has 2 heterocycles. The number of methoxy groups -OCH3 is 1. The van der Waals surface area contributed by atoms with Crippen LogP contribution in [-0.4, -0.2) is 30.3 Å². The van der Waals surface area contributed by atoms with Gasteiger partial charge in [-0.05, 0) is 12.0 Å². The van der Waals surface area contributed by atoms with Crippen LogP contribution in [0.2, 0.25) is 0 Å². The maximum atomic E-state index is 12.0. The average Bonchev–Trinajstić information content (AvgIpc) is 2.37. The van der Waals surface area contributed by atoms with Gasteiger partial charge in [-0.3, -0.25) is 9.78 Å². The molecule has 1 N–H and O–H groups in total. The van der Waals surface area contributed by atoms with Gasteiger partial charge in [-0.15, -0.1) is 0 Å². The standard InChI is InChI=1S/C12H14N2O5/c1-3-7-6-8(15)19-11-9(7)10(16)13-12(14-11)18-5-4-17-2/h6H,3-5H2,1-2H3,(H,13,14,16). The Hall–Kier alpha value is -2.15. The van der Waals surface area contributed by atoms with Crippen molar-refractivity contribution in [3.63, 3.8) is 0 Å². The molecule has 0 unspecified atom stereocenters. The number of aryl methyl sites for hydroxylation is 1. The van der Waals surface area contributed by atoms with Crippen molar-refractivity contribution >= 4 is 11.1 Å². The minimum Gasteiger partial charge on any atom is -0.462 e. The van der Waals surface area contributed by atoms with Gasteiger partial charge in [0.1, 0.15) is 12.0 Å². The van der Waals surface area contributed by atoms with Crippen molar-refractivity contribution in [2.24, 2.45) is 0 Å². The number of nitrogens with zero attached hydrogens (tertiary/aromatic N) is 1. The summed E-state index contributed by atoms with van der Waals surface area (Å²) in [4.78, 5) is 29.8. The van der Waals surface area contributed by atoms with Crippen molar-refractivity contribution in [3.8, 4) is 6.01 Å². The van der Waals surface area contributed by atoms with Crippen molar-refractivity contribution in [3.05, 3.63) is 32.4 Å². The van der Waals surface area contributed by atoms with Crippen LogP contribution >= 0.6 is 0 Å². The molecule has 0 fully saturated rings. The number of H-pyrrole nitrogens is 1. The maximum absolute atomic E-state index is 12.0. The molecule has 0 radical (unpaired) electrons. The van der Waals surface area contributed by atoms with E-state index in [1.54, 1.807) is 0 Å². The molecular formula is C12H14N2O5. The number of aromatic amines is 1. The SMILES string of the molecule is CCc1cc(=O)oc2nc(OCCOC)[nH]c(=O)c12. The van der Waals surface area contributed by atoms with Crippen LogP contribution in [0.25, 0.3) is 11.1 Å². The number of aromatic nitrogens is 2. The number of nitrogens with one attached hydrogen (secondary N) is 1. The molecule has 7 heteroatoms. The largest absolute Gasteiger partial charge is 0.462 e. The first kappa shape index (κ1) is 13.3. The zero-order valence-corrected chi connectivity index (χ0v) is 10.7. The molecule has 0 aliphatic heterocycles. The molecule has 0 saturated carbocycles. The first-order chi connectivity index (χ1) is 9.15. The van der Waals surface area contributed by atoms with Gasteiger partial charge in [-0.25, -0.2) is 4.79 Å². The lowest BCUT2D eigenvalue weighted by molar-refractivity contribution is 0.140. The molecule has 0 atom stereocenters. The molecule has 2 aromatic rings. The normalized spacial score (nSPS) is 10.8. The van der Waals surface area contributed by atoms with Crippen molar-refractivity contribution < 1.29 is 13.9 Å². The Morgan fingerprint density at radius 1 is 1.37 bits per heavy atom. The number of hydrogen-bond donors (Lipinski definition) is 1. The molecule has 0 aromatic carbocycles. The molecule has 0 amide bonds. The third kappa shape index (κ3) is 2.82. The summed E-state index contributed by atoms with van der Waals surface area (Å²) in [7, 11) is 1.53. The van der Waals surface area contributed by atoms with Crippen LogP contribution < -0.4 is 15.9 Å². The monoisotopic (exact) mass is 266 g/mol. The highest BCUT2D eigenvalue weighted by Gasteiger charge is 2.12. The van der Waals surface area contributed by atoms with E-state index >= 15 is 0 Å². The van der Waals surface area contributed by atoms with Gasteiger partial charge < -0.3 is 13.9 Å². The number of hydrogen-bond acceptors (Lipinski definition) is 6. The van der Waals surface area contributed by atoms with E-state index in [9.17, 15) is 9.59 Å². The lowest BCUT2D eigenvalue weighted by Crippen LogP contribution is -2.16. The lowest BCUT2D eigenvalue weighted by atomic mass is 10.1. The van der Waals surface area contributed by atoms with Crippen LogP contribution in [0.1, 0.15) is 12.5 Å². The van der Waals surface area contributed by atoms with Gasteiger partial charge in [0.25, 0.3) is 11.6 Å². The zero-order chi connectivity index (χ0) is 13.8. The smallest absolute Gasteiger partial charge is 0.337 e. The Labute approximate surface area is 108 Å². The van der Waals surface area contributed by atoms with E-state index in [0.29, 0.717) is 18.6 Å². The van der Waals surface area contributed by atoms with Gasteiger partial charge in [-0.2, -0.15) is 4.98 Å². The highest BCUT2D eigenvalue weighted by molar-refractivity contribution is 5.75. The second kappa shape index (κ2) is 5.66. The molecule has 0 bridgehead atoms. The number of fused-ring (bicyclic) bond motifs is 1. The summed E-state index contributed by atoms with van der Waals surface area (Å²) in [6.45, 7) is 2.44. The van der Waals surface area contributed by atoms with E-state index in [4.69, 9.17) is 13.9 Å². The molecule has 2 rings (SSSR count). The second-order valence-corrected chi connectivity index (χ2v) is 3.84. The quantitative estimate of drug-likeness (QED) is 0.790. The Morgan fingerprint density at radius 2 is 2.16 bits per heavy atom. The topological polar surface area (TPSA) is 94.4 Å². The van der Waals surface area contributed by atoms with Gasteiger partial charge in [0.05, 0.1) is 6.61 Å². The highest BCUT2D eigenvalue weighted by Crippen LogP contribution is 2.13. The molecule has 19 heavy (non-hydrogen) atoms. The molecular weight excluding hydrogens is 252 g/mol. The predicted molar refractivity (Wildman–Crippen MR) is 67.6 cm³/mol. The van der Waals surface area contributed by atoms with Crippen molar-refractivity contribution in [1.82, 2.24) is 9.97 Å². The van der Waals surface area contributed by atoms with Crippen LogP contribution in [0.4, 0.5) is 0 Å². The van der Waals surface area contributed by atoms with Gasteiger partial charge in [-0.1, -0.05) is 6.92 Å². The summed E-state index contributed by atoms with van der Waals surface area (Å²) in [6, 6.07) is 1.30. The van der Waals surface area contributed by atoms with Crippen molar-refractivity contribution in [2.45, 2.75) is 13.3 Å². The van der Waals surface area contributed by atoms with Crippen molar-refractivity contribution in [2.75, 3.05) is 20.3 Å². The van der Waals surface area contributed by atoms with Crippen LogP contribution in [0.3, 0.4) is 0 Å². The van der Waals surface area contributed by atoms with Crippen LogP contribution in [0, 0.1) is 0 Å². The zero-order valence-electron chi connectivity index (χ0n) is 10.7. The summed E-state index contributed by atoms with van der Waals surface area (Å²) >= 11 is 0. The molecule has 2 aromatic heterocycles. The van der Waals surface area contributed by atoms with Crippen LogP contribution in [0.15, 0.2) is 20.1 Å². The Kier molecular flexibility index (Phi) is 3.96. The second-order valence-electron chi connectivity index (χ2n) is 3.84. The summed E-state index contributed by atoms with van der Waals surface area (Å²) < 4.78 is 14.9. The maximum Gasteiger partial charge on any atom is 0.337 e. The van der Waals surface area contributed by atoms with E-state index in [-0.39, 0.29) is 23.7 Å². The summed E-state index contributed by atoms with van der Waals surface area (Å²) in [5.74, 6) is 0. The van der Waals surface area contributed by atoms with Gasteiger partial charge >= 0.3 is 5.63 Å². The van der Waals surface area contributed by atoms with Crippen molar-refractivity contribution in [1.29, 1.82) is 0 Å².